The number of benzene rings is 2. The largest absolute Gasteiger partial charge is 0.481 e. The van der Waals surface area contributed by atoms with Crippen LogP contribution in [0.5, 0.6) is 0 Å². The second-order valence-electron chi connectivity index (χ2n) is 7.73. The molecule has 5 nitrogen and oxygen atoms in total. The van der Waals surface area contributed by atoms with Gasteiger partial charge in [0.1, 0.15) is 5.82 Å². The average Bonchev–Trinajstić information content (AvgIpc) is 3.05. The number of sulfone groups is 1. The van der Waals surface area contributed by atoms with E-state index >= 15 is 0 Å². The number of halogens is 1. The molecule has 7 heteroatoms. The van der Waals surface area contributed by atoms with Crippen LogP contribution in [0.1, 0.15) is 31.0 Å². The van der Waals surface area contributed by atoms with Crippen LogP contribution >= 0.6 is 0 Å². The summed E-state index contributed by atoms with van der Waals surface area (Å²) in [5.41, 5.74) is 4.37. The number of aliphatic carboxylic acids is 1. The molecule has 0 bridgehead atoms. The van der Waals surface area contributed by atoms with Gasteiger partial charge in [0.05, 0.1) is 16.5 Å². The first-order valence-corrected chi connectivity index (χ1v) is 12.0. The molecule has 1 unspecified atom stereocenters. The van der Waals surface area contributed by atoms with Crippen LogP contribution in [0.2, 0.25) is 0 Å². The number of hydrogen-bond donors (Lipinski definition) is 1. The van der Waals surface area contributed by atoms with Gasteiger partial charge in [-0.2, -0.15) is 0 Å². The van der Waals surface area contributed by atoms with Gasteiger partial charge < -0.3 is 9.67 Å². The van der Waals surface area contributed by atoms with Gasteiger partial charge in [-0.15, -0.1) is 0 Å². The molecule has 0 saturated carbocycles. The first kappa shape index (κ1) is 22.7. The highest BCUT2D eigenvalue weighted by Crippen LogP contribution is 2.31. The van der Waals surface area contributed by atoms with Gasteiger partial charge in [-0.05, 0) is 79.8 Å². The minimum absolute atomic E-state index is 0.236. The van der Waals surface area contributed by atoms with E-state index in [0.29, 0.717) is 19.3 Å². The van der Waals surface area contributed by atoms with Crippen molar-refractivity contribution in [3.8, 4) is 16.9 Å². The van der Waals surface area contributed by atoms with Gasteiger partial charge in [-0.1, -0.05) is 19.1 Å². The summed E-state index contributed by atoms with van der Waals surface area (Å²) in [5.74, 6) is -1.54. The van der Waals surface area contributed by atoms with Crippen molar-refractivity contribution in [3.63, 3.8) is 0 Å². The Kier molecular flexibility index (Phi) is 6.65. The summed E-state index contributed by atoms with van der Waals surface area (Å²) in [6.07, 6.45) is 2.84. The van der Waals surface area contributed by atoms with Gasteiger partial charge in [-0.25, -0.2) is 12.8 Å². The monoisotopic (exact) mass is 443 g/mol. The van der Waals surface area contributed by atoms with Crippen LogP contribution < -0.4 is 0 Å². The average molecular weight is 444 g/mol. The number of aromatic nitrogens is 1. The highest BCUT2D eigenvalue weighted by molar-refractivity contribution is 7.90. The summed E-state index contributed by atoms with van der Waals surface area (Å²) < 4.78 is 39.1. The first-order chi connectivity index (χ1) is 14.6. The number of carboxylic acids is 1. The van der Waals surface area contributed by atoms with E-state index in [1.165, 1.54) is 12.1 Å². The maximum atomic E-state index is 13.5. The molecule has 1 atom stereocenters. The van der Waals surface area contributed by atoms with Gasteiger partial charge in [0.15, 0.2) is 9.84 Å². The lowest BCUT2D eigenvalue weighted by molar-refractivity contribution is -0.142. The fraction of sp³-hybridized carbons (Fsp3) is 0.292. The molecule has 1 heterocycles. The van der Waals surface area contributed by atoms with Crippen molar-refractivity contribution in [2.24, 2.45) is 5.92 Å². The zero-order chi connectivity index (χ0) is 22.8. The topological polar surface area (TPSA) is 76.4 Å². The minimum atomic E-state index is -3.31. The van der Waals surface area contributed by atoms with Crippen LogP contribution in [0.4, 0.5) is 4.39 Å². The zero-order valence-corrected chi connectivity index (χ0v) is 18.6. The van der Waals surface area contributed by atoms with Crippen molar-refractivity contribution in [3.05, 3.63) is 71.7 Å². The first-order valence-electron chi connectivity index (χ1n) is 10.1. The van der Waals surface area contributed by atoms with E-state index in [1.807, 2.05) is 24.5 Å². The molecule has 0 amide bonds. The molecule has 1 aromatic heterocycles. The van der Waals surface area contributed by atoms with Crippen molar-refractivity contribution in [1.82, 2.24) is 4.57 Å². The fourth-order valence-electron chi connectivity index (χ4n) is 3.75. The Morgan fingerprint density at radius 2 is 1.71 bits per heavy atom. The number of rotatable bonds is 8. The maximum absolute atomic E-state index is 13.5. The lowest BCUT2D eigenvalue weighted by Crippen LogP contribution is -2.13. The second-order valence-corrected chi connectivity index (χ2v) is 9.75. The summed E-state index contributed by atoms with van der Waals surface area (Å²) in [6.45, 7) is 3.82. The molecule has 0 aliphatic carbocycles. The van der Waals surface area contributed by atoms with Crippen LogP contribution in [0.15, 0.2) is 59.5 Å². The van der Waals surface area contributed by atoms with Gasteiger partial charge in [-0.3, -0.25) is 4.79 Å². The van der Waals surface area contributed by atoms with Crippen LogP contribution in [0, 0.1) is 18.7 Å². The Morgan fingerprint density at radius 1 is 1.10 bits per heavy atom. The molecule has 0 radical (unpaired) electrons. The van der Waals surface area contributed by atoms with E-state index in [4.69, 9.17) is 0 Å². The van der Waals surface area contributed by atoms with E-state index in [0.717, 1.165) is 34.5 Å². The zero-order valence-electron chi connectivity index (χ0n) is 17.8. The fourth-order valence-corrected chi connectivity index (χ4v) is 4.38. The maximum Gasteiger partial charge on any atom is 0.306 e. The predicted octanol–water partition coefficient (Wildman–Crippen LogP) is 5.04. The highest BCUT2D eigenvalue weighted by atomic mass is 32.2. The molecular weight excluding hydrogens is 417 g/mol. The molecule has 3 aromatic rings. The predicted molar refractivity (Wildman–Crippen MR) is 119 cm³/mol. The van der Waals surface area contributed by atoms with E-state index in [9.17, 15) is 22.7 Å². The Labute approximate surface area is 182 Å². The van der Waals surface area contributed by atoms with Crippen molar-refractivity contribution in [2.45, 2.75) is 38.0 Å². The molecule has 0 saturated heterocycles. The molecule has 0 spiro atoms. The van der Waals surface area contributed by atoms with Crippen LogP contribution in [-0.2, 0) is 21.1 Å². The molecule has 2 aromatic carbocycles. The Hall–Kier alpha value is -2.93. The minimum Gasteiger partial charge on any atom is -0.481 e. The third kappa shape index (κ3) is 5.05. The number of carboxylic acid groups (broad SMARTS) is 1. The Morgan fingerprint density at radius 3 is 2.23 bits per heavy atom. The van der Waals surface area contributed by atoms with Crippen molar-refractivity contribution < 1.29 is 22.7 Å². The van der Waals surface area contributed by atoms with Crippen molar-refractivity contribution >= 4 is 15.8 Å². The lowest BCUT2D eigenvalue weighted by Gasteiger charge is -2.13. The molecule has 164 valence electrons. The molecule has 1 N–H and O–H groups in total. The van der Waals surface area contributed by atoms with Gasteiger partial charge in [0.25, 0.3) is 0 Å². The second kappa shape index (κ2) is 9.06. The molecule has 0 aliphatic heterocycles. The van der Waals surface area contributed by atoms with E-state index in [2.05, 4.69) is 0 Å². The molecule has 0 aliphatic rings. The van der Waals surface area contributed by atoms with Gasteiger partial charge >= 0.3 is 5.97 Å². The van der Waals surface area contributed by atoms with Crippen LogP contribution in [-0.4, -0.2) is 30.3 Å². The molecular formula is C24H26FNO4S. The summed E-state index contributed by atoms with van der Waals surface area (Å²) in [6, 6.07) is 14.8. The van der Waals surface area contributed by atoms with Crippen molar-refractivity contribution in [1.29, 1.82) is 0 Å². The smallest absolute Gasteiger partial charge is 0.306 e. The third-order valence-electron chi connectivity index (χ3n) is 5.62. The van der Waals surface area contributed by atoms with Gasteiger partial charge in [0.2, 0.25) is 0 Å². The standard InChI is InChI=1S/C24H26FNO4S/c1-4-17(24(27)28)5-6-19-15-23(18-7-13-22(14-8-18)31(3,29)30)26(16(19)2)21-11-9-20(25)10-12-21/h7-15,17H,4-6H2,1-3H3,(H,27,28). The summed E-state index contributed by atoms with van der Waals surface area (Å²) >= 11 is 0. The SMILES string of the molecule is CCC(CCc1cc(-c2ccc(S(C)(=O)=O)cc2)n(-c2ccc(F)cc2)c1C)C(=O)O. The Balaban J connectivity index is 2.08. The molecule has 3 rings (SSSR count). The van der Waals surface area contributed by atoms with Crippen molar-refractivity contribution in [2.75, 3.05) is 6.26 Å². The number of carbonyl (C=O) groups is 1. The highest BCUT2D eigenvalue weighted by Gasteiger charge is 2.19. The summed E-state index contributed by atoms with van der Waals surface area (Å²) in [5, 5.41) is 9.36. The normalized spacial score (nSPS) is 12.6. The lowest BCUT2D eigenvalue weighted by atomic mass is 9.97. The molecule has 31 heavy (non-hydrogen) atoms. The summed E-state index contributed by atoms with van der Waals surface area (Å²) in [4.78, 5) is 11.6. The summed E-state index contributed by atoms with van der Waals surface area (Å²) in [7, 11) is -3.31. The number of hydrogen-bond acceptors (Lipinski definition) is 3. The quantitative estimate of drug-likeness (QED) is 0.529. The molecule has 0 fully saturated rings. The van der Waals surface area contributed by atoms with Gasteiger partial charge in [0, 0.05) is 17.6 Å². The number of nitrogens with zero attached hydrogens (tertiary/aromatic N) is 1. The van der Waals surface area contributed by atoms with E-state index in [1.54, 1.807) is 36.4 Å². The van der Waals surface area contributed by atoms with E-state index < -0.39 is 21.7 Å². The third-order valence-corrected chi connectivity index (χ3v) is 6.75. The van der Waals surface area contributed by atoms with E-state index in [-0.39, 0.29) is 10.7 Å². The Bertz CT molecular complexity index is 1180. The van der Waals surface area contributed by atoms with Crippen LogP contribution in [0.3, 0.4) is 0 Å². The van der Waals surface area contributed by atoms with Crippen LogP contribution in [0.25, 0.3) is 16.9 Å². The number of aryl methyl sites for hydroxylation is 1.